The van der Waals surface area contributed by atoms with E-state index in [1.54, 1.807) is 20.8 Å². The van der Waals surface area contributed by atoms with Crippen molar-refractivity contribution < 1.29 is 19.0 Å². The van der Waals surface area contributed by atoms with Gasteiger partial charge in [-0.15, -0.1) is 0 Å². The summed E-state index contributed by atoms with van der Waals surface area (Å²) in [5.74, 6) is 0. The van der Waals surface area contributed by atoms with Crippen LogP contribution in [0.15, 0.2) is 24.4 Å². The molecule has 1 aromatic heterocycles. The number of hydrogen-bond donors (Lipinski definition) is 1. The second kappa shape index (κ2) is 8.36. The Labute approximate surface area is 149 Å². The summed E-state index contributed by atoms with van der Waals surface area (Å²) in [5.41, 5.74) is 2.84. The number of aromatic nitrogens is 1. The molecule has 0 aliphatic rings. The highest BCUT2D eigenvalue weighted by Gasteiger charge is 2.17. The molecule has 138 valence electrons. The molecule has 0 radical (unpaired) electrons. The number of likely N-dealkylation sites (N-methyl/N-ethyl adjacent to an activating group) is 1. The van der Waals surface area contributed by atoms with Crippen molar-refractivity contribution in [3.8, 4) is 0 Å². The van der Waals surface area contributed by atoms with Gasteiger partial charge in [-0.3, -0.25) is 0 Å². The molecule has 0 bridgehead atoms. The molecule has 6 nitrogen and oxygen atoms in total. The van der Waals surface area contributed by atoms with Crippen LogP contribution in [0.1, 0.15) is 31.9 Å². The Kier molecular flexibility index (Phi) is 6.45. The van der Waals surface area contributed by atoms with Gasteiger partial charge in [-0.05, 0) is 58.5 Å². The summed E-state index contributed by atoms with van der Waals surface area (Å²) < 4.78 is 15.5. The average molecular weight is 348 g/mol. The third kappa shape index (κ3) is 6.07. The fourth-order valence-corrected chi connectivity index (χ4v) is 2.52. The molecule has 0 aliphatic heterocycles. The fourth-order valence-electron chi connectivity index (χ4n) is 2.52. The van der Waals surface area contributed by atoms with Crippen LogP contribution in [0.4, 0.5) is 4.79 Å². The van der Waals surface area contributed by atoms with E-state index in [2.05, 4.69) is 36.2 Å². The van der Waals surface area contributed by atoms with E-state index in [1.807, 2.05) is 12.1 Å². The number of ether oxygens (including phenoxy) is 3. The van der Waals surface area contributed by atoms with Gasteiger partial charge >= 0.3 is 6.16 Å². The van der Waals surface area contributed by atoms with Gasteiger partial charge in [0.1, 0.15) is 5.60 Å². The van der Waals surface area contributed by atoms with Crippen molar-refractivity contribution >= 4 is 17.1 Å². The SMILES string of the molecule is CN(C)CCc1c[nH]c2cccc(COCOC(=O)OC(C)(C)C)c12. The van der Waals surface area contributed by atoms with Gasteiger partial charge in [0.2, 0.25) is 0 Å². The molecule has 0 saturated heterocycles. The smallest absolute Gasteiger partial charge is 0.429 e. The first-order valence-electron chi connectivity index (χ1n) is 8.42. The van der Waals surface area contributed by atoms with Gasteiger partial charge in [-0.1, -0.05) is 12.1 Å². The molecule has 0 saturated carbocycles. The van der Waals surface area contributed by atoms with Crippen LogP contribution in [0.25, 0.3) is 10.9 Å². The average Bonchev–Trinajstić information content (AvgIpc) is 2.91. The molecular formula is C19H28N2O4. The molecule has 0 fully saturated rings. The molecule has 0 spiro atoms. The highest BCUT2D eigenvalue weighted by atomic mass is 16.8. The Bertz CT molecular complexity index is 701. The summed E-state index contributed by atoms with van der Waals surface area (Å²) >= 11 is 0. The largest absolute Gasteiger partial charge is 0.510 e. The lowest BCUT2D eigenvalue weighted by Gasteiger charge is -2.18. The Hall–Kier alpha value is -2.05. The maximum atomic E-state index is 11.5. The van der Waals surface area contributed by atoms with Crippen LogP contribution in [0.5, 0.6) is 0 Å². The van der Waals surface area contributed by atoms with Gasteiger partial charge in [0.15, 0.2) is 6.79 Å². The van der Waals surface area contributed by atoms with Crippen molar-refractivity contribution in [2.24, 2.45) is 0 Å². The van der Waals surface area contributed by atoms with Gasteiger partial charge in [0.25, 0.3) is 0 Å². The van der Waals surface area contributed by atoms with Gasteiger partial charge in [-0.25, -0.2) is 4.79 Å². The Morgan fingerprint density at radius 2 is 1.96 bits per heavy atom. The van der Waals surface area contributed by atoms with E-state index in [0.717, 1.165) is 24.0 Å². The molecule has 1 aromatic carbocycles. The Morgan fingerprint density at radius 3 is 2.64 bits per heavy atom. The quantitative estimate of drug-likeness (QED) is 0.470. The Balaban J connectivity index is 1.94. The first kappa shape index (κ1) is 19.3. The normalized spacial score (nSPS) is 11.9. The highest BCUT2D eigenvalue weighted by molar-refractivity contribution is 5.86. The third-order valence-electron chi connectivity index (χ3n) is 3.61. The van der Waals surface area contributed by atoms with Gasteiger partial charge in [-0.2, -0.15) is 0 Å². The van der Waals surface area contributed by atoms with Crippen LogP contribution < -0.4 is 0 Å². The zero-order chi connectivity index (χ0) is 18.4. The van der Waals surface area contributed by atoms with Gasteiger partial charge in [0, 0.05) is 23.6 Å². The predicted molar refractivity (Wildman–Crippen MR) is 97.5 cm³/mol. The van der Waals surface area contributed by atoms with Crippen LogP contribution in [0, 0.1) is 0 Å². The molecule has 2 rings (SSSR count). The number of carbonyl (C=O) groups excluding carboxylic acids is 1. The lowest BCUT2D eigenvalue weighted by molar-refractivity contribution is -0.0723. The van der Waals surface area contributed by atoms with E-state index in [9.17, 15) is 4.79 Å². The van der Waals surface area contributed by atoms with Crippen molar-refractivity contribution in [3.05, 3.63) is 35.5 Å². The summed E-state index contributed by atoms with van der Waals surface area (Å²) in [6, 6.07) is 6.07. The highest BCUT2D eigenvalue weighted by Crippen LogP contribution is 2.24. The number of H-pyrrole nitrogens is 1. The second-order valence-corrected chi connectivity index (χ2v) is 7.28. The lowest BCUT2D eigenvalue weighted by Crippen LogP contribution is -2.25. The first-order chi connectivity index (χ1) is 11.8. The van der Waals surface area contributed by atoms with E-state index in [4.69, 9.17) is 14.2 Å². The fraction of sp³-hybridized carbons (Fsp3) is 0.526. The second-order valence-electron chi connectivity index (χ2n) is 7.28. The summed E-state index contributed by atoms with van der Waals surface area (Å²) in [6.45, 7) is 6.57. The molecule has 1 heterocycles. The van der Waals surface area contributed by atoms with Crippen LogP contribution in [0.2, 0.25) is 0 Å². The van der Waals surface area contributed by atoms with Gasteiger partial charge in [0.05, 0.1) is 6.61 Å². The van der Waals surface area contributed by atoms with Crippen LogP contribution in [0.3, 0.4) is 0 Å². The third-order valence-corrected chi connectivity index (χ3v) is 3.61. The molecule has 0 atom stereocenters. The van der Waals surface area contributed by atoms with Crippen molar-refractivity contribution in [1.82, 2.24) is 9.88 Å². The molecule has 0 amide bonds. The zero-order valence-electron chi connectivity index (χ0n) is 15.7. The molecular weight excluding hydrogens is 320 g/mol. The number of hydrogen-bond acceptors (Lipinski definition) is 5. The number of aromatic amines is 1. The zero-order valence-corrected chi connectivity index (χ0v) is 15.7. The molecule has 25 heavy (non-hydrogen) atoms. The summed E-state index contributed by atoms with van der Waals surface area (Å²) in [4.78, 5) is 17.0. The van der Waals surface area contributed by atoms with Crippen molar-refractivity contribution in [2.45, 2.75) is 39.4 Å². The molecule has 0 aliphatic carbocycles. The summed E-state index contributed by atoms with van der Waals surface area (Å²) in [6.07, 6.45) is 2.28. The van der Waals surface area contributed by atoms with E-state index >= 15 is 0 Å². The molecule has 1 N–H and O–H groups in total. The van der Waals surface area contributed by atoms with Crippen molar-refractivity contribution in [1.29, 1.82) is 0 Å². The minimum absolute atomic E-state index is 0.136. The van der Waals surface area contributed by atoms with E-state index in [0.29, 0.717) is 6.61 Å². The van der Waals surface area contributed by atoms with Crippen LogP contribution >= 0.6 is 0 Å². The number of carbonyl (C=O) groups is 1. The van der Waals surface area contributed by atoms with Gasteiger partial charge < -0.3 is 24.1 Å². The predicted octanol–water partition coefficient (Wildman–Crippen LogP) is 3.70. The Morgan fingerprint density at radius 1 is 1.20 bits per heavy atom. The number of fused-ring (bicyclic) bond motifs is 1. The van der Waals surface area contributed by atoms with Crippen molar-refractivity contribution in [2.75, 3.05) is 27.4 Å². The number of rotatable bonds is 7. The minimum atomic E-state index is -0.723. The maximum Gasteiger partial charge on any atom is 0.510 e. The van der Waals surface area contributed by atoms with E-state index in [-0.39, 0.29) is 6.79 Å². The van der Waals surface area contributed by atoms with E-state index < -0.39 is 11.8 Å². The topological polar surface area (TPSA) is 63.8 Å². The maximum absolute atomic E-state index is 11.5. The summed E-state index contributed by atoms with van der Waals surface area (Å²) in [7, 11) is 4.12. The van der Waals surface area contributed by atoms with Crippen LogP contribution in [-0.4, -0.2) is 49.1 Å². The number of nitrogens with zero attached hydrogens (tertiary/aromatic N) is 1. The van der Waals surface area contributed by atoms with Crippen LogP contribution in [-0.2, 0) is 27.2 Å². The molecule has 2 aromatic rings. The minimum Gasteiger partial charge on any atom is -0.429 e. The lowest BCUT2D eigenvalue weighted by atomic mass is 10.0. The monoisotopic (exact) mass is 348 g/mol. The molecule has 0 unspecified atom stereocenters. The summed E-state index contributed by atoms with van der Waals surface area (Å²) in [5, 5.41) is 1.18. The molecule has 6 heteroatoms. The van der Waals surface area contributed by atoms with E-state index in [1.165, 1.54) is 10.9 Å². The number of nitrogens with one attached hydrogen (secondary N) is 1. The van der Waals surface area contributed by atoms with Crippen molar-refractivity contribution in [3.63, 3.8) is 0 Å². The first-order valence-corrected chi connectivity index (χ1v) is 8.42. The number of benzene rings is 1. The standard InChI is InChI=1S/C19H28N2O4/c1-19(2,3)25-18(22)24-13-23-12-15-7-6-8-16-17(15)14(11-20-16)9-10-21(4)5/h6-8,11,20H,9-10,12-13H2,1-5H3.